The molecule has 2 N–H and O–H groups in total. The lowest BCUT2D eigenvalue weighted by molar-refractivity contribution is -0.186. The summed E-state index contributed by atoms with van der Waals surface area (Å²) in [5.41, 5.74) is 1.42. The lowest BCUT2D eigenvalue weighted by Crippen LogP contribution is -2.50. The van der Waals surface area contributed by atoms with Gasteiger partial charge in [0.05, 0.1) is 17.1 Å². The predicted molar refractivity (Wildman–Crippen MR) is 98.9 cm³/mol. The zero-order valence-corrected chi connectivity index (χ0v) is 16.3. The number of amides is 1. The maximum Gasteiger partial charge on any atom is 0.249 e. The molecule has 5 heteroatoms. The fraction of sp³-hybridized carbons (Fsp3) is 0.550. The number of benzene rings is 1. The van der Waals surface area contributed by atoms with Crippen LogP contribution in [-0.4, -0.2) is 39.9 Å². The van der Waals surface area contributed by atoms with Gasteiger partial charge in [0.15, 0.2) is 0 Å². The summed E-state index contributed by atoms with van der Waals surface area (Å²) >= 11 is 0. The summed E-state index contributed by atoms with van der Waals surface area (Å²) in [5, 5.41) is 14.5. The average molecular weight is 346 g/mol. The number of aryl methyl sites for hydroxylation is 2. The number of hydroxylamine groups is 2. The molecule has 1 aromatic rings. The van der Waals surface area contributed by atoms with E-state index in [0.29, 0.717) is 12.2 Å². The van der Waals surface area contributed by atoms with E-state index in [9.17, 15) is 10.0 Å². The van der Waals surface area contributed by atoms with Crippen LogP contribution in [0.15, 0.2) is 29.8 Å². The molecule has 1 aliphatic heterocycles. The normalized spacial score (nSPS) is 20.1. The smallest absolute Gasteiger partial charge is 0.249 e. The Hall–Kier alpha value is -1.85. The summed E-state index contributed by atoms with van der Waals surface area (Å²) in [4.78, 5) is 12.7. The third kappa shape index (κ3) is 3.88. The number of hydrogen-bond donors (Lipinski definition) is 2. The van der Waals surface area contributed by atoms with Crippen molar-refractivity contribution in [2.24, 2.45) is 0 Å². The molecule has 0 saturated carbocycles. The first-order valence-corrected chi connectivity index (χ1v) is 8.69. The zero-order valence-electron chi connectivity index (χ0n) is 16.3. The molecule has 0 saturated heterocycles. The first-order chi connectivity index (χ1) is 11.5. The van der Waals surface area contributed by atoms with Crippen molar-refractivity contribution < 1.29 is 14.7 Å². The number of hydrogen-bond acceptors (Lipinski definition) is 4. The van der Waals surface area contributed by atoms with Gasteiger partial charge in [-0.25, -0.2) is 0 Å². The van der Waals surface area contributed by atoms with E-state index in [1.165, 1.54) is 5.06 Å². The Morgan fingerprint density at radius 1 is 1.24 bits per heavy atom. The zero-order chi connectivity index (χ0) is 19.0. The van der Waals surface area contributed by atoms with E-state index in [4.69, 9.17) is 4.74 Å². The van der Waals surface area contributed by atoms with Gasteiger partial charge in [-0.3, -0.25) is 4.79 Å². The summed E-state index contributed by atoms with van der Waals surface area (Å²) in [5.74, 6) is 0.693. The minimum absolute atomic E-state index is 0.154. The number of nitrogens with zero attached hydrogens (tertiary/aromatic N) is 1. The topological polar surface area (TPSA) is 61.8 Å². The molecule has 0 aromatic heterocycles. The highest BCUT2D eigenvalue weighted by molar-refractivity contribution is 5.96. The third-order valence-electron chi connectivity index (χ3n) is 4.74. The van der Waals surface area contributed by atoms with E-state index < -0.39 is 11.1 Å². The van der Waals surface area contributed by atoms with Crippen LogP contribution in [0, 0.1) is 13.8 Å². The molecule has 1 aromatic carbocycles. The molecular formula is C20H30N2O3. The van der Waals surface area contributed by atoms with Crippen LogP contribution in [0.1, 0.15) is 45.7 Å². The van der Waals surface area contributed by atoms with Crippen LogP contribution < -0.4 is 10.1 Å². The lowest BCUT2D eigenvalue weighted by atomic mass is 9.95. The predicted octanol–water partition coefficient (Wildman–Crippen LogP) is 3.38. The number of nitrogens with one attached hydrogen (secondary N) is 1. The van der Waals surface area contributed by atoms with E-state index in [1.54, 1.807) is 0 Å². The molecule has 1 heterocycles. The Balaban J connectivity index is 2.01. The van der Waals surface area contributed by atoms with Gasteiger partial charge in [0.1, 0.15) is 12.4 Å². The van der Waals surface area contributed by atoms with Gasteiger partial charge in [-0.2, -0.15) is 5.06 Å². The summed E-state index contributed by atoms with van der Waals surface area (Å²) in [7, 11) is 0. The molecule has 1 unspecified atom stereocenters. The largest absolute Gasteiger partial charge is 0.491 e. The number of ether oxygens (including phenoxy) is 1. The fourth-order valence-electron chi connectivity index (χ4n) is 3.35. The van der Waals surface area contributed by atoms with Crippen LogP contribution in [0.4, 0.5) is 0 Å². The molecule has 0 spiro atoms. The van der Waals surface area contributed by atoms with Crippen molar-refractivity contribution in [3.63, 3.8) is 0 Å². The highest BCUT2D eigenvalue weighted by Crippen LogP contribution is 2.38. The Morgan fingerprint density at radius 3 is 2.28 bits per heavy atom. The van der Waals surface area contributed by atoms with Gasteiger partial charge in [-0.05, 0) is 59.6 Å². The fourth-order valence-corrected chi connectivity index (χ4v) is 3.35. The first kappa shape index (κ1) is 19.5. The molecule has 0 bridgehead atoms. The minimum Gasteiger partial charge on any atom is -0.491 e. The quantitative estimate of drug-likeness (QED) is 0.858. The second-order valence-electron chi connectivity index (χ2n) is 7.99. The van der Waals surface area contributed by atoms with Gasteiger partial charge in [0, 0.05) is 5.57 Å². The monoisotopic (exact) mass is 346 g/mol. The SMILES string of the molecule is Cc1cccc(C)c1OCC(C)NC(=O)C1=CC(C)(C)N(O)C1(C)C. The molecule has 1 aliphatic rings. The molecule has 138 valence electrons. The summed E-state index contributed by atoms with van der Waals surface area (Å²) in [6.45, 7) is 13.7. The van der Waals surface area contributed by atoms with E-state index in [1.807, 2.05) is 72.7 Å². The maximum atomic E-state index is 12.7. The molecule has 1 atom stereocenters. The Morgan fingerprint density at radius 2 is 1.80 bits per heavy atom. The van der Waals surface area contributed by atoms with Gasteiger partial charge in [-0.15, -0.1) is 0 Å². The first-order valence-electron chi connectivity index (χ1n) is 8.69. The molecule has 5 nitrogen and oxygen atoms in total. The van der Waals surface area contributed by atoms with Gasteiger partial charge in [0.25, 0.3) is 0 Å². The van der Waals surface area contributed by atoms with Crippen LogP contribution in [0.3, 0.4) is 0 Å². The molecule has 2 rings (SSSR count). The molecule has 0 radical (unpaired) electrons. The maximum absolute atomic E-state index is 12.7. The Labute approximate surface area is 150 Å². The third-order valence-corrected chi connectivity index (χ3v) is 4.74. The van der Waals surface area contributed by atoms with Crippen LogP contribution in [-0.2, 0) is 4.79 Å². The van der Waals surface area contributed by atoms with Crippen molar-refractivity contribution in [3.8, 4) is 5.75 Å². The number of para-hydroxylation sites is 1. The lowest BCUT2D eigenvalue weighted by Gasteiger charge is -2.36. The van der Waals surface area contributed by atoms with Gasteiger partial charge >= 0.3 is 0 Å². The van der Waals surface area contributed by atoms with Crippen molar-refractivity contribution in [2.75, 3.05) is 6.61 Å². The molecule has 0 aliphatic carbocycles. The van der Waals surface area contributed by atoms with Crippen LogP contribution in [0.2, 0.25) is 0 Å². The van der Waals surface area contributed by atoms with Crippen LogP contribution >= 0.6 is 0 Å². The number of carbonyl (C=O) groups excluding carboxylic acids is 1. The van der Waals surface area contributed by atoms with E-state index in [2.05, 4.69) is 5.32 Å². The second-order valence-corrected chi connectivity index (χ2v) is 7.99. The van der Waals surface area contributed by atoms with Crippen molar-refractivity contribution >= 4 is 5.91 Å². The van der Waals surface area contributed by atoms with Crippen molar-refractivity contribution in [1.29, 1.82) is 0 Å². The van der Waals surface area contributed by atoms with Gasteiger partial charge in [0.2, 0.25) is 5.91 Å². The molecule has 1 amide bonds. The van der Waals surface area contributed by atoms with Crippen molar-refractivity contribution in [2.45, 2.75) is 65.6 Å². The van der Waals surface area contributed by atoms with Crippen LogP contribution in [0.5, 0.6) is 5.75 Å². The van der Waals surface area contributed by atoms with E-state index in [-0.39, 0.29) is 11.9 Å². The highest BCUT2D eigenvalue weighted by Gasteiger charge is 2.47. The summed E-state index contributed by atoms with van der Waals surface area (Å²) in [6, 6.07) is 5.86. The Kier molecular flexibility index (Phi) is 5.30. The molecule has 0 fully saturated rings. The highest BCUT2D eigenvalue weighted by atomic mass is 16.5. The Bertz CT molecular complexity index is 672. The van der Waals surface area contributed by atoms with E-state index >= 15 is 0 Å². The standard InChI is InChI=1S/C20H30N2O3/c1-13-9-8-10-14(2)17(13)25-12-15(3)21-18(23)16-11-19(4,5)22(24)20(16,6)7/h8-11,15,24H,12H2,1-7H3,(H,21,23). The van der Waals surface area contributed by atoms with Crippen molar-refractivity contribution in [3.05, 3.63) is 41.0 Å². The number of carbonyl (C=O) groups is 1. The van der Waals surface area contributed by atoms with Gasteiger partial charge in [-0.1, -0.05) is 24.3 Å². The number of rotatable bonds is 5. The minimum atomic E-state index is -0.735. The molecule has 25 heavy (non-hydrogen) atoms. The summed E-state index contributed by atoms with van der Waals surface area (Å²) < 4.78 is 5.91. The van der Waals surface area contributed by atoms with Crippen molar-refractivity contribution in [1.82, 2.24) is 10.4 Å². The van der Waals surface area contributed by atoms with E-state index in [0.717, 1.165) is 16.9 Å². The van der Waals surface area contributed by atoms with Crippen LogP contribution in [0.25, 0.3) is 0 Å². The van der Waals surface area contributed by atoms with Gasteiger partial charge < -0.3 is 15.3 Å². The second kappa shape index (κ2) is 6.81. The summed E-state index contributed by atoms with van der Waals surface area (Å²) in [6.07, 6.45) is 1.82. The average Bonchev–Trinajstić information content (AvgIpc) is 2.66. The molecular weight excluding hydrogens is 316 g/mol.